The first kappa shape index (κ1) is 22.3. The second kappa shape index (κ2) is 10.1. The van der Waals surface area contributed by atoms with Crippen molar-refractivity contribution in [2.45, 2.75) is 19.9 Å². The van der Waals surface area contributed by atoms with Crippen LogP contribution < -0.4 is 10.6 Å². The smallest absolute Gasteiger partial charge is 0.313 e. The summed E-state index contributed by atoms with van der Waals surface area (Å²) >= 11 is 6.09. The molecule has 1 atom stereocenters. The Morgan fingerprint density at radius 1 is 1.00 bits per heavy atom. The Balaban J connectivity index is 1.66. The number of anilines is 1. The van der Waals surface area contributed by atoms with E-state index in [4.69, 9.17) is 11.6 Å². The van der Waals surface area contributed by atoms with Crippen LogP contribution in [0.15, 0.2) is 42.5 Å². The van der Waals surface area contributed by atoms with Gasteiger partial charge < -0.3 is 15.5 Å². The van der Waals surface area contributed by atoms with Crippen molar-refractivity contribution in [3.63, 3.8) is 0 Å². The van der Waals surface area contributed by atoms with E-state index in [9.17, 15) is 9.59 Å². The second-order valence-corrected chi connectivity index (χ2v) is 8.25. The lowest BCUT2D eigenvalue weighted by atomic mass is 10.0. The number of hydrogen-bond acceptors (Lipinski definition) is 4. The Labute approximate surface area is 183 Å². The molecule has 0 saturated carbocycles. The maximum absolute atomic E-state index is 12.5. The summed E-state index contributed by atoms with van der Waals surface area (Å²) in [5, 5.41) is 6.01. The van der Waals surface area contributed by atoms with Crippen LogP contribution >= 0.6 is 11.6 Å². The van der Waals surface area contributed by atoms with Crippen molar-refractivity contribution >= 4 is 29.1 Å². The predicted molar refractivity (Wildman–Crippen MR) is 121 cm³/mol. The SMILES string of the molecule is Cc1ccc([C@H](CNC(=O)C(=O)Nc2cccc(Cl)c2C)N2CCN(C)CC2)cc1. The topological polar surface area (TPSA) is 64.7 Å². The lowest BCUT2D eigenvalue weighted by molar-refractivity contribution is -0.136. The molecule has 160 valence electrons. The van der Waals surface area contributed by atoms with Gasteiger partial charge in [-0.05, 0) is 44.2 Å². The quantitative estimate of drug-likeness (QED) is 0.718. The van der Waals surface area contributed by atoms with Gasteiger partial charge in [-0.1, -0.05) is 47.5 Å². The number of nitrogens with one attached hydrogen (secondary N) is 2. The van der Waals surface area contributed by atoms with Crippen LogP contribution in [0.1, 0.15) is 22.7 Å². The first-order valence-corrected chi connectivity index (χ1v) is 10.6. The summed E-state index contributed by atoms with van der Waals surface area (Å²) in [5.74, 6) is -1.35. The minimum absolute atomic E-state index is 0.0176. The minimum Gasteiger partial charge on any atom is -0.346 e. The number of carbonyl (C=O) groups excluding carboxylic acids is 2. The predicted octanol–water partition coefficient (Wildman–Crippen LogP) is 3.00. The van der Waals surface area contributed by atoms with Gasteiger partial charge in [-0.25, -0.2) is 0 Å². The van der Waals surface area contributed by atoms with Gasteiger partial charge in [0.2, 0.25) is 0 Å². The van der Waals surface area contributed by atoms with Crippen LogP contribution in [0.5, 0.6) is 0 Å². The molecule has 0 aliphatic carbocycles. The van der Waals surface area contributed by atoms with Gasteiger partial charge in [0.1, 0.15) is 0 Å². The molecule has 7 heteroatoms. The second-order valence-electron chi connectivity index (χ2n) is 7.84. The van der Waals surface area contributed by atoms with Crippen LogP contribution in [0.3, 0.4) is 0 Å². The maximum atomic E-state index is 12.5. The van der Waals surface area contributed by atoms with E-state index in [1.54, 1.807) is 25.1 Å². The fraction of sp³-hybridized carbons (Fsp3) is 0.391. The molecular formula is C23H29ClN4O2. The Morgan fingerprint density at radius 3 is 2.33 bits per heavy atom. The van der Waals surface area contributed by atoms with Crippen LogP contribution in [0.4, 0.5) is 5.69 Å². The van der Waals surface area contributed by atoms with Crippen molar-refractivity contribution < 1.29 is 9.59 Å². The van der Waals surface area contributed by atoms with Crippen LogP contribution in [0.25, 0.3) is 0 Å². The van der Waals surface area contributed by atoms with E-state index < -0.39 is 11.8 Å². The molecule has 0 bridgehead atoms. The van der Waals surface area contributed by atoms with Gasteiger partial charge in [-0.2, -0.15) is 0 Å². The van der Waals surface area contributed by atoms with Gasteiger partial charge in [0, 0.05) is 43.4 Å². The zero-order valence-corrected chi connectivity index (χ0v) is 18.5. The monoisotopic (exact) mass is 428 g/mol. The first-order valence-electron chi connectivity index (χ1n) is 10.2. The number of nitrogens with zero attached hydrogens (tertiary/aromatic N) is 2. The lowest BCUT2D eigenvalue weighted by Gasteiger charge is -2.38. The summed E-state index contributed by atoms with van der Waals surface area (Å²) in [6.07, 6.45) is 0. The van der Waals surface area contributed by atoms with E-state index in [0.717, 1.165) is 37.3 Å². The van der Waals surface area contributed by atoms with Crippen LogP contribution in [0, 0.1) is 13.8 Å². The average molecular weight is 429 g/mol. The van der Waals surface area contributed by atoms with E-state index in [2.05, 4.69) is 58.7 Å². The lowest BCUT2D eigenvalue weighted by Crippen LogP contribution is -2.49. The van der Waals surface area contributed by atoms with E-state index in [1.165, 1.54) is 5.56 Å². The van der Waals surface area contributed by atoms with Crippen LogP contribution in [-0.2, 0) is 9.59 Å². The number of likely N-dealkylation sites (N-methyl/N-ethyl adjacent to an activating group) is 1. The van der Waals surface area contributed by atoms with E-state index in [-0.39, 0.29) is 6.04 Å². The molecule has 30 heavy (non-hydrogen) atoms. The van der Waals surface area contributed by atoms with Crippen molar-refractivity contribution in [3.05, 3.63) is 64.2 Å². The summed E-state index contributed by atoms with van der Waals surface area (Å²) < 4.78 is 0. The number of piperazine rings is 1. The zero-order chi connectivity index (χ0) is 21.7. The molecule has 1 heterocycles. The zero-order valence-electron chi connectivity index (χ0n) is 17.7. The molecule has 3 rings (SSSR count). The van der Waals surface area contributed by atoms with E-state index in [1.807, 2.05) is 0 Å². The summed E-state index contributed by atoms with van der Waals surface area (Å²) in [5.41, 5.74) is 3.60. The molecule has 1 fully saturated rings. The highest BCUT2D eigenvalue weighted by Crippen LogP contribution is 2.24. The van der Waals surface area contributed by atoms with Crippen molar-refractivity contribution in [1.82, 2.24) is 15.1 Å². The highest BCUT2D eigenvalue weighted by atomic mass is 35.5. The minimum atomic E-state index is -0.693. The molecule has 2 amide bonds. The molecule has 0 spiro atoms. The Hall–Kier alpha value is -2.41. The van der Waals surface area contributed by atoms with E-state index in [0.29, 0.717) is 17.3 Å². The largest absolute Gasteiger partial charge is 0.346 e. The number of halogens is 1. The first-order chi connectivity index (χ1) is 14.3. The van der Waals surface area contributed by atoms with Gasteiger partial charge in [-0.15, -0.1) is 0 Å². The normalized spacial score (nSPS) is 16.1. The van der Waals surface area contributed by atoms with Crippen molar-refractivity contribution in [2.24, 2.45) is 0 Å². The molecule has 2 aromatic carbocycles. The summed E-state index contributed by atoms with van der Waals surface area (Å²) in [4.78, 5) is 29.5. The van der Waals surface area contributed by atoms with Crippen LogP contribution in [0.2, 0.25) is 5.02 Å². The van der Waals surface area contributed by atoms with Crippen molar-refractivity contribution in [3.8, 4) is 0 Å². The summed E-state index contributed by atoms with van der Waals surface area (Å²) in [6.45, 7) is 8.01. The highest BCUT2D eigenvalue weighted by Gasteiger charge is 2.25. The Kier molecular flexibility index (Phi) is 7.48. The van der Waals surface area contributed by atoms with Crippen molar-refractivity contribution in [2.75, 3.05) is 45.1 Å². The summed E-state index contributed by atoms with van der Waals surface area (Å²) in [6, 6.07) is 13.6. The third kappa shape index (κ3) is 5.59. The number of hydrogen-bond donors (Lipinski definition) is 2. The number of amides is 2. The maximum Gasteiger partial charge on any atom is 0.313 e. The molecular weight excluding hydrogens is 400 g/mol. The van der Waals surface area contributed by atoms with Crippen molar-refractivity contribution in [1.29, 1.82) is 0 Å². The number of benzene rings is 2. The molecule has 0 unspecified atom stereocenters. The number of rotatable bonds is 5. The highest BCUT2D eigenvalue weighted by molar-refractivity contribution is 6.40. The van der Waals surface area contributed by atoms with Gasteiger partial charge in [0.25, 0.3) is 0 Å². The fourth-order valence-electron chi connectivity index (χ4n) is 3.57. The average Bonchev–Trinajstić information content (AvgIpc) is 2.73. The van der Waals surface area contributed by atoms with Gasteiger partial charge >= 0.3 is 11.8 Å². The summed E-state index contributed by atoms with van der Waals surface area (Å²) in [7, 11) is 2.11. The van der Waals surface area contributed by atoms with Gasteiger partial charge in [0.15, 0.2) is 0 Å². The fourth-order valence-corrected chi connectivity index (χ4v) is 3.75. The molecule has 2 aromatic rings. The van der Waals surface area contributed by atoms with Gasteiger partial charge in [-0.3, -0.25) is 14.5 Å². The molecule has 1 aliphatic rings. The molecule has 6 nitrogen and oxygen atoms in total. The molecule has 2 N–H and O–H groups in total. The molecule has 0 radical (unpaired) electrons. The molecule has 0 aromatic heterocycles. The van der Waals surface area contributed by atoms with E-state index >= 15 is 0 Å². The number of aryl methyl sites for hydroxylation is 1. The molecule has 1 aliphatic heterocycles. The third-order valence-electron chi connectivity index (χ3n) is 5.62. The Morgan fingerprint density at radius 2 is 1.67 bits per heavy atom. The van der Waals surface area contributed by atoms with Crippen LogP contribution in [-0.4, -0.2) is 61.4 Å². The van der Waals surface area contributed by atoms with Gasteiger partial charge in [0.05, 0.1) is 6.04 Å². The Bertz CT molecular complexity index is 893. The standard InChI is InChI=1S/C23H29ClN4O2/c1-16-7-9-18(10-8-16)21(28-13-11-27(3)12-14-28)15-25-22(29)23(30)26-20-6-4-5-19(24)17(20)2/h4-10,21H,11-15H2,1-3H3,(H,25,29)(H,26,30)/t21-/m0/s1. The number of carbonyl (C=O) groups is 2. The molecule has 1 saturated heterocycles. The third-order valence-corrected chi connectivity index (χ3v) is 6.03.